The third kappa shape index (κ3) is 3.38. The minimum atomic E-state index is -0.233. The largest absolute Gasteiger partial charge is 0.485 e. The molecule has 0 spiro atoms. The van der Waals surface area contributed by atoms with Gasteiger partial charge in [0.25, 0.3) is 11.8 Å². The zero-order valence-electron chi connectivity index (χ0n) is 14.0. The number of hydrogen-bond acceptors (Lipinski definition) is 6. The van der Waals surface area contributed by atoms with Crippen molar-refractivity contribution in [1.29, 1.82) is 0 Å². The Morgan fingerprint density at radius 3 is 3.04 bits per heavy atom. The normalized spacial score (nSPS) is 21.8. The van der Waals surface area contributed by atoms with E-state index in [1.807, 2.05) is 13.2 Å². The molecule has 4 rings (SSSR count). The van der Waals surface area contributed by atoms with Crippen LogP contribution >= 0.6 is 0 Å². The molecule has 2 aliphatic rings. The lowest BCUT2D eigenvalue weighted by molar-refractivity contribution is 0.0886. The lowest BCUT2D eigenvalue weighted by Crippen LogP contribution is -2.42. The van der Waals surface area contributed by atoms with E-state index in [9.17, 15) is 4.79 Å². The number of nitrogens with zero attached hydrogens (tertiary/aromatic N) is 3. The first-order chi connectivity index (χ1) is 12.2. The van der Waals surface area contributed by atoms with Gasteiger partial charge in [-0.05, 0) is 31.4 Å². The quantitative estimate of drug-likeness (QED) is 0.900. The van der Waals surface area contributed by atoms with E-state index < -0.39 is 0 Å². The summed E-state index contributed by atoms with van der Waals surface area (Å²) < 4.78 is 18.5. The molecule has 1 aliphatic heterocycles. The highest BCUT2D eigenvalue weighted by molar-refractivity contribution is 5.92. The Bertz CT molecular complexity index is 776. The fourth-order valence-electron chi connectivity index (χ4n) is 3.17. The molecule has 1 aliphatic carbocycles. The van der Waals surface area contributed by atoms with Crippen LogP contribution in [0.4, 0.5) is 0 Å². The molecule has 3 heterocycles. The molecule has 132 valence electrons. The topological polar surface area (TPSA) is 87.5 Å². The fourth-order valence-corrected chi connectivity index (χ4v) is 3.17. The zero-order valence-corrected chi connectivity index (χ0v) is 14.0. The highest BCUT2D eigenvalue weighted by Gasteiger charge is 2.31. The van der Waals surface area contributed by atoms with E-state index in [0.717, 1.165) is 19.3 Å². The predicted octanol–water partition coefficient (Wildman–Crippen LogP) is 1.32. The summed E-state index contributed by atoms with van der Waals surface area (Å²) in [5.41, 5.74) is 0.316. The molecule has 2 atom stereocenters. The van der Waals surface area contributed by atoms with Gasteiger partial charge in [0.2, 0.25) is 0 Å². The molecule has 8 heteroatoms. The van der Waals surface area contributed by atoms with Crippen LogP contribution in [0.15, 0.2) is 24.5 Å². The number of pyridine rings is 1. The molecule has 0 radical (unpaired) electrons. The highest BCUT2D eigenvalue weighted by Crippen LogP contribution is 2.28. The maximum absolute atomic E-state index is 12.5. The summed E-state index contributed by atoms with van der Waals surface area (Å²) in [6.45, 7) is 0.935. The second kappa shape index (κ2) is 6.62. The summed E-state index contributed by atoms with van der Waals surface area (Å²) in [5, 5.41) is 7.13. The number of carbonyl (C=O) groups excluding carboxylic acids is 1. The van der Waals surface area contributed by atoms with Gasteiger partial charge in [-0.3, -0.25) is 9.48 Å². The van der Waals surface area contributed by atoms with E-state index in [0.29, 0.717) is 36.3 Å². The molecular weight excluding hydrogens is 324 g/mol. The second-order valence-electron chi connectivity index (χ2n) is 6.21. The smallest absolute Gasteiger partial charge is 0.270 e. The molecule has 1 fully saturated rings. The number of carbonyl (C=O) groups is 1. The van der Waals surface area contributed by atoms with Crippen molar-refractivity contribution in [1.82, 2.24) is 20.1 Å². The van der Waals surface area contributed by atoms with Gasteiger partial charge in [-0.2, -0.15) is 5.10 Å². The number of amides is 1. The monoisotopic (exact) mass is 344 g/mol. The molecule has 0 aromatic carbocycles. The van der Waals surface area contributed by atoms with Crippen LogP contribution in [0.1, 0.15) is 29.8 Å². The van der Waals surface area contributed by atoms with Crippen molar-refractivity contribution in [3.8, 4) is 17.4 Å². The number of rotatable bonds is 4. The molecule has 8 nitrogen and oxygen atoms in total. The Labute approximate surface area is 145 Å². The van der Waals surface area contributed by atoms with E-state index in [-0.39, 0.29) is 18.1 Å². The lowest BCUT2D eigenvalue weighted by Gasteiger charge is -2.22. The van der Waals surface area contributed by atoms with E-state index in [4.69, 9.17) is 14.2 Å². The zero-order chi connectivity index (χ0) is 17.2. The van der Waals surface area contributed by atoms with Crippen LogP contribution in [-0.4, -0.2) is 46.0 Å². The lowest BCUT2D eigenvalue weighted by atomic mass is 10.2. The minimum absolute atomic E-state index is 0.0530. The number of aromatic nitrogens is 3. The Hall–Kier alpha value is -2.77. The molecule has 1 saturated carbocycles. The first kappa shape index (κ1) is 15.7. The summed E-state index contributed by atoms with van der Waals surface area (Å²) in [6, 6.07) is 3.31. The molecule has 25 heavy (non-hydrogen) atoms. The maximum Gasteiger partial charge on any atom is 0.270 e. The van der Waals surface area contributed by atoms with Crippen LogP contribution < -0.4 is 19.5 Å². The molecule has 0 bridgehead atoms. The summed E-state index contributed by atoms with van der Waals surface area (Å²) in [5.74, 6) is 1.42. The first-order valence-corrected chi connectivity index (χ1v) is 8.42. The minimum Gasteiger partial charge on any atom is -0.485 e. The maximum atomic E-state index is 12.5. The van der Waals surface area contributed by atoms with Gasteiger partial charge >= 0.3 is 0 Å². The van der Waals surface area contributed by atoms with Crippen LogP contribution in [0.25, 0.3) is 0 Å². The van der Waals surface area contributed by atoms with Gasteiger partial charge in [0, 0.05) is 7.05 Å². The first-order valence-electron chi connectivity index (χ1n) is 8.42. The van der Waals surface area contributed by atoms with Crippen LogP contribution in [0.3, 0.4) is 0 Å². The van der Waals surface area contributed by atoms with Crippen LogP contribution in [0, 0.1) is 0 Å². The third-order valence-electron chi connectivity index (χ3n) is 4.38. The molecule has 0 unspecified atom stereocenters. The van der Waals surface area contributed by atoms with E-state index in [1.54, 1.807) is 23.0 Å². The number of aryl methyl sites for hydroxylation is 1. The number of ether oxygens (including phenoxy) is 3. The van der Waals surface area contributed by atoms with Gasteiger partial charge < -0.3 is 19.5 Å². The van der Waals surface area contributed by atoms with Gasteiger partial charge in [0.15, 0.2) is 11.5 Å². The van der Waals surface area contributed by atoms with Crippen molar-refractivity contribution in [2.45, 2.75) is 31.4 Å². The van der Waals surface area contributed by atoms with Gasteiger partial charge in [-0.25, -0.2) is 4.98 Å². The van der Waals surface area contributed by atoms with Gasteiger partial charge in [0.05, 0.1) is 18.4 Å². The van der Waals surface area contributed by atoms with Crippen molar-refractivity contribution in [2.24, 2.45) is 7.05 Å². The molecule has 1 N–H and O–H groups in total. The van der Waals surface area contributed by atoms with Crippen LogP contribution in [0.2, 0.25) is 0 Å². The predicted molar refractivity (Wildman–Crippen MR) is 88.0 cm³/mol. The average molecular weight is 344 g/mol. The molecule has 2 aromatic heterocycles. The summed E-state index contributed by atoms with van der Waals surface area (Å²) >= 11 is 0. The van der Waals surface area contributed by atoms with E-state index in [2.05, 4.69) is 15.4 Å². The highest BCUT2D eigenvalue weighted by atomic mass is 16.6. The van der Waals surface area contributed by atoms with Crippen molar-refractivity contribution >= 4 is 5.91 Å². The second-order valence-corrected chi connectivity index (χ2v) is 6.21. The summed E-state index contributed by atoms with van der Waals surface area (Å²) in [7, 11) is 1.84. The summed E-state index contributed by atoms with van der Waals surface area (Å²) in [6.07, 6.45) is 6.21. The number of nitrogens with one attached hydrogen (secondary N) is 1. The molecule has 1 amide bonds. The van der Waals surface area contributed by atoms with Gasteiger partial charge in [-0.15, -0.1) is 0 Å². The van der Waals surface area contributed by atoms with Gasteiger partial charge in [-0.1, -0.05) is 0 Å². The van der Waals surface area contributed by atoms with Crippen molar-refractivity contribution in [2.75, 3.05) is 13.2 Å². The standard InChI is InChI=1S/C17H20N4O4/c1-21-10-11(9-18-21)25-14-4-2-3-12(14)19-16(22)13-5-6-15-17(20-13)24-8-7-23-15/h5-6,9-10,12,14H,2-4,7-8H2,1H3,(H,19,22)/t12-,14+/m0/s1. The van der Waals surface area contributed by atoms with Gasteiger partial charge in [0.1, 0.15) is 25.0 Å². The molecule has 2 aromatic rings. The van der Waals surface area contributed by atoms with Crippen LogP contribution in [0.5, 0.6) is 17.4 Å². The summed E-state index contributed by atoms with van der Waals surface area (Å²) in [4.78, 5) is 16.8. The Balaban J connectivity index is 1.42. The third-order valence-corrected chi connectivity index (χ3v) is 4.38. The number of hydrogen-bond donors (Lipinski definition) is 1. The van der Waals surface area contributed by atoms with Crippen molar-refractivity contribution < 1.29 is 19.0 Å². The fraction of sp³-hybridized carbons (Fsp3) is 0.471. The Morgan fingerprint density at radius 1 is 1.32 bits per heavy atom. The SMILES string of the molecule is Cn1cc(O[C@@H]2CCC[C@@H]2NC(=O)c2ccc3c(n2)OCCO3)cn1. The molecule has 0 saturated heterocycles. The average Bonchev–Trinajstić information content (AvgIpc) is 3.24. The van der Waals surface area contributed by atoms with Crippen LogP contribution in [-0.2, 0) is 7.05 Å². The van der Waals surface area contributed by atoms with E-state index in [1.165, 1.54) is 0 Å². The molecular formula is C17H20N4O4. The number of fused-ring (bicyclic) bond motifs is 1. The van der Waals surface area contributed by atoms with Crippen molar-refractivity contribution in [3.63, 3.8) is 0 Å². The Kier molecular flexibility index (Phi) is 4.17. The van der Waals surface area contributed by atoms with E-state index >= 15 is 0 Å². The Morgan fingerprint density at radius 2 is 2.20 bits per heavy atom. The van der Waals surface area contributed by atoms with Crippen molar-refractivity contribution in [3.05, 3.63) is 30.2 Å².